The monoisotopic (exact) mass is 259 g/mol. The third-order valence-electron chi connectivity index (χ3n) is 2.55. The second kappa shape index (κ2) is 6.29. The Morgan fingerprint density at radius 3 is 2.11 bits per heavy atom. The average molecular weight is 259 g/mol. The van der Waals surface area contributed by atoms with Crippen LogP contribution in [0.2, 0.25) is 0 Å². The Bertz CT molecular complexity index is 305. The number of hydrogen-bond acceptors (Lipinski definition) is 5. The number of carbonyl (C=O) groups is 2. The van der Waals surface area contributed by atoms with Crippen molar-refractivity contribution < 1.29 is 19.4 Å². The minimum atomic E-state index is -1.15. The SMILES string of the molecule is CCOC(=O)C(C)(C)C(=O)CN(C)CC(C)(C)O. The van der Waals surface area contributed by atoms with Gasteiger partial charge in [-0.2, -0.15) is 0 Å². The molecule has 106 valence electrons. The van der Waals surface area contributed by atoms with Crippen molar-refractivity contribution in [2.24, 2.45) is 5.41 Å². The zero-order valence-corrected chi connectivity index (χ0v) is 12.2. The summed E-state index contributed by atoms with van der Waals surface area (Å²) in [4.78, 5) is 25.4. The van der Waals surface area contributed by atoms with Crippen molar-refractivity contribution >= 4 is 11.8 Å². The molecule has 0 saturated carbocycles. The molecule has 0 aliphatic rings. The summed E-state index contributed by atoms with van der Waals surface area (Å²) in [6.45, 7) is 8.90. The van der Waals surface area contributed by atoms with Crippen LogP contribution in [0.5, 0.6) is 0 Å². The largest absolute Gasteiger partial charge is 0.465 e. The molecule has 0 aromatic heterocycles. The standard InChI is InChI=1S/C13H25NO4/c1-7-18-11(16)13(4,5)10(15)8-14(6)9-12(2,3)17/h17H,7-9H2,1-6H3. The lowest BCUT2D eigenvalue weighted by Gasteiger charge is -2.28. The Labute approximate surface area is 109 Å². The van der Waals surface area contributed by atoms with E-state index in [0.717, 1.165) is 0 Å². The van der Waals surface area contributed by atoms with Gasteiger partial charge < -0.3 is 9.84 Å². The zero-order chi connectivity index (χ0) is 14.6. The van der Waals surface area contributed by atoms with Gasteiger partial charge in [0.1, 0.15) is 5.41 Å². The van der Waals surface area contributed by atoms with Crippen LogP contribution in [0.4, 0.5) is 0 Å². The third kappa shape index (κ3) is 5.60. The number of ether oxygens (including phenoxy) is 1. The number of carbonyl (C=O) groups excluding carboxylic acids is 2. The molecule has 0 unspecified atom stereocenters. The van der Waals surface area contributed by atoms with Gasteiger partial charge in [-0.3, -0.25) is 14.5 Å². The minimum Gasteiger partial charge on any atom is -0.465 e. The molecule has 0 saturated heterocycles. The molecular weight excluding hydrogens is 234 g/mol. The highest BCUT2D eigenvalue weighted by molar-refractivity contribution is 6.03. The van der Waals surface area contributed by atoms with Crippen molar-refractivity contribution in [2.75, 3.05) is 26.7 Å². The molecule has 0 amide bonds. The van der Waals surface area contributed by atoms with E-state index in [2.05, 4.69) is 0 Å². The van der Waals surface area contributed by atoms with E-state index in [1.165, 1.54) is 0 Å². The van der Waals surface area contributed by atoms with Crippen LogP contribution < -0.4 is 0 Å². The normalized spacial score (nSPS) is 12.7. The average Bonchev–Trinajstić information content (AvgIpc) is 2.14. The van der Waals surface area contributed by atoms with Crippen LogP contribution in [0.1, 0.15) is 34.6 Å². The van der Waals surface area contributed by atoms with Crippen molar-refractivity contribution in [3.63, 3.8) is 0 Å². The Kier molecular flexibility index (Phi) is 5.96. The molecule has 0 bridgehead atoms. The summed E-state index contributed by atoms with van der Waals surface area (Å²) in [6.07, 6.45) is 0. The lowest BCUT2D eigenvalue weighted by atomic mass is 9.87. The van der Waals surface area contributed by atoms with Gasteiger partial charge in [-0.25, -0.2) is 0 Å². The first-order chi connectivity index (χ1) is 8.00. The van der Waals surface area contributed by atoms with Gasteiger partial charge in [0.15, 0.2) is 5.78 Å². The number of Topliss-reactive ketones (excluding diaryl/α,β-unsaturated/α-hetero) is 1. The van der Waals surface area contributed by atoms with Gasteiger partial charge in [0, 0.05) is 6.54 Å². The molecule has 0 spiro atoms. The number of rotatable bonds is 7. The van der Waals surface area contributed by atoms with Crippen LogP contribution in [0.25, 0.3) is 0 Å². The van der Waals surface area contributed by atoms with Crippen LogP contribution in [-0.2, 0) is 14.3 Å². The van der Waals surface area contributed by atoms with Gasteiger partial charge in [0.2, 0.25) is 0 Å². The van der Waals surface area contributed by atoms with E-state index in [4.69, 9.17) is 4.74 Å². The quantitative estimate of drug-likeness (QED) is 0.542. The van der Waals surface area contributed by atoms with Gasteiger partial charge in [-0.05, 0) is 41.7 Å². The third-order valence-corrected chi connectivity index (χ3v) is 2.55. The first kappa shape index (κ1) is 17.1. The Morgan fingerprint density at radius 1 is 1.22 bits per heavy atom. The molecule has 0 aromatic carbocycles. The van der Waals surface area contributed by atoms with Crippen molar-refractivity contribution in [2.45, 2.75) is 40.2 Å². The van der Waals surface area contributed by atoms with E-state index in [-0.39, 0.29) is 18.9 Å². The molecule has 0 aliphatic carbocycles. The summed E-state index contributed by atoms with van der Waals surface area (Å²) in [6, 6.07) is 0. The Balaban J connectivity index is 4.52. The highest BCUT2D eigenvalue weighted by Crippen LogP contribution is 2.19. The molecule has 1 N–H and O–H groups in total. The molecule has 18 heavy (non-hydrogen) atoms. The number of nitrogens with zero attached hydrogens (tertiary/aromatic N) is 1. The van der Waals surface area contributed by atoms with Crippen molar-refractivity contribution in [1.82, 2.24) is 4.90 Å². The number of likely N-dealkylation sites (N-methyl/N-ethyl adjacent to an activating group) is 1. The number of esters is 1. The van der Waals surface area contributed by atoms with E-state index >= 15 is 0 Å². The summed E-state index contributed by atoms with van der Waals surface area (Å²) in [5, 5.41) is 9.65. The topological polar surface area (TPSA) is 66.8 Å². The highest BCUT2D eigenvalue weighted by Gasteiger charge is 2.37. The van der Waals surface area contributed by atoms with Crippen LogP contribution in [0.15, 0.2) is 0 Å². The van der Waals surface area contributed by atoms with Gasteiger partial charge in [0.25, 0.3) is 0 Å². The fraction of sp³-hybridized carbons (Fsp3) is 0.846. The molecule has 0 heterocycles. The van der Waals surface area contributed by atoms with Crippen LogP contribution in [-0.4, -0.2) is 54.1 Å². The highest BCUT2D eigenvalue weighted by atomic mass is 16.5. The van der Waals surface area contributed by atoms with E-state index in [1.54, 1.807) is 46.6 Å². The predicted molar refractivity (Wildman–Crippen MR) is 69.2 cm³/mol. The second-order valence-corrected chi connectivity index (χ2v) is 5.75. The molecule has 0 rings (SSSR count). The van der Waals surface area contributed by atoms with Crippen molar-refractivity contribution in [1.29, 1.82) is 0 Å². The fourth-order valence-corrected chi connectivity index (χ4v) is 1.58. The van der Waals surface area contributed by atoms with Gasteiger partial charge >= 0.3 is 5.97 Å². The smallest absolute Gasteiger partial charge is 0.319 e. The predicted octanol–water partition coefficient (Wildman–Crippen LogP) is 0.847. The maximum atomic E-state index is 12.1. The molecule has 0 aromatic rings. The summed E-state index contributed by atoms with van der Waals surface area (Å²) >= 11 is 0. The van der Waals surface area contributed by atoms with Gasteiger partial charge in [0.05, 0.1) is 18.8 Å². The first-order valence-electron chi connectivity index (χ1n) is 6.12. The maximum absolute atomic E-state index is 12.1. The lowest BCUT2D eigenvalue weighted by Crippen LogP contribution is -2.44. The van der Waals surface area contributed by atoms with Gasteiger partial charge in [-0.1, -0.05) is 0 Å². The van der Waals surface area contributed by atoms with Crippen LogP contribution in [0, 0.1) is 5.41 Å². The molecule has 0 radical (unpaired) electrons. The van der Waals surface area contributed by atoms with E-state index < -0.39 is 17.0 Å². The number of ketones is 1. The van der Waals surface area contributed by atoms with Gasteiger partial charge in [-0.15, -0.1) is 0 Å². The second-order valence-electron chi connectivity index (χ2n) is 5.75. The van der Waals surface area contributed by atoms with E-state index in [0.29, 0.717) is 6.54 Å². The lowest BCUT2D eigenvalue weighted by molar-refractivity contribution is -0.158. The fourth-order valence-electron chi connectivity index (χ4n) is 1.58. The van der Waals surface area contributed by atoms with Crippen LogP contribution in [0.3, 0.4) is 0 Å². The molecule has 5 heteroatoms. The van der Waals surface area contributed by atoms with Crippen LogP contribution >= 0.6 is 0 Å². The Morgan fingerprint density at radius 2 is 1.72 bits per heavy atom. The molecule has 0 fully saturated rings. The molecular formula is C13H25NO4. The van der Waals surface area contributed by atoms with Crippen molar-refractivity contribution in [3.8, 4) is 0 Å². The first-order valence-corrected chi connectivity index (χ1v) is 6.12. The zero-order valence-electron chi connectivity index (χ0n) is 12.2. The van der Waals surface area contributed by atoms with E-state index in [9.17, 15) is 14.7 Å². The number of hydrogen-bond donors (Lipinski definition) is 1. The molecule has 0 aliphatic heterocycles. The molecule has 5 nitrogen and oxygen atoms in total. The summed E-state index contributed by atoms with van der Waals surface area (Å²) in [7, 11) is 1.73. The summed E-state index contributed by atoms with van der Waals surface area (Å²) in [5.41, 5.74) is -2.02. The Hall–Kier alpha value is -0.940. The summed E-state index contributed by atoms with van der Waals surface area (Å²) < 4.78 is 4.88. The molecule has 0 atom stereocenters. The number of aliphatic hydroxyl groups is 1. The van der Waals surface area contributed by atoms with E-state index in [1.807, 2.05) is 0 Å². The van der Waals surface area contributed by atoms with Crippen molar-refractivity contribution in [3.05, 3.63) is 0 Å². The minimum absolute atomic E-state index is 0.107. The maximum Gasteiger partial charge on any atom is 0.319 e. The summed E-state index contributed by atoms with van der Waals surface area (Å²) in [5.74, 6) is -0.723.